The third-order valence-electron chi connectivity index (χ3n) is 4.70. The van der Waals surface area contributed by atoms with Gasteiger partial charge in [0, 0.05) is 36.4 Å². The van der Waals surface area contributed by atoms with Gasteiger partial charge < -0.3 is 20.8 Å². The molecule has 0 aliphatic heterocycles. The summed E-state index contributed by atoms with van der Waals surface area (Å²) in [7, 11) is 0. The first-order valence-corrected chi connectivity index (χ1v) is 10.2. The Balaban J connectivity index is 1.49. The third kappa shape index (κ3) is 4.57. The highest BCUT2D eigenvalue weighted by Gasteiger charge is 2.18. The van der Waals surface area contributed by atoms with Gasteiger partial charge in [-0.3, -0.25) is 0 Å². The lowest BCUT2D eigenvalue weighted by Crippen LogP contribution is -2.33. The molecule has 0 saturated carbocycles. The highest BCUT2D eigenvalue weighted by molar-refractivity contribution is 5.99. The number of anilines is 1. The van der Waals surface area contributed by atoms with Crippen LogP contribution in [0.5, 0.6) is 0 Å². The predicted octanol–water partition coefficient (Wildman–Crippen LogP) is 3.26. The highest BCUT2D eigenvalue weighted by atomic mass is 16.6. The molecule has 0 fully saturated rings. The number of hydrogen-bond acceptors (Lipinski definition) is 7. The van der Waals surface area contributed by atoms with Gasteiger partial charge in [-0.1, -0.05) is 0 Å². The summed E-state index contributed by atoms with van der Waals surface area (Å²) in [5, 5.41) is 9.24. The number of pyridine rings is 1. The Labute approximate surface area is 179 Å². The number of nitrogen functional groups attached to an aromatic ring is 1. The van der Waals surface area contributed by atoms with Gasteiger partial charge in [-0.05, 0) is 45.7 Å². The van der Waals surface area contributed by atoms with E-state index in [0.29, 0.717) is 35.6 Å². The molecule has 4 N–H and O–H groups in total. The average Bonchev–Trinajstić information content (AvgIpc) is 3.31. The number of nitrogens with two attached hydrogens (primary N) is 1. The number of aromatic amines is 1. The quantitative estimate of drug-likeness (QED) is 0.406. The fraction of sp³-hybridized carbons (Fsp3) is 0.381. The molecule has 162 valence electrons. The molecule has 1 amide bonds. The number of carbonyl (C=O) groups excluding carboxylic acids is 1. The molecular formula is C21H26N8O2. The van der Waals surface area contributed by atoms with Crippen molar-refractivity contribution >= 4 is 34.0 Å². The molecule has 0 aliphatic carbocycles. The first-order chi connectivity index (χ1) is 14.8. The molecule has 0 atom stereocenters. The monoisotopic (exact) mass is 422 g/mol. The van der Waals surface area contributed by atoms with Crippen molar-refractivity contribution in [2.75, 3.05) is 12.3 Å². The minimum Gasteiger partial charge on any atom is -0.444 e. The Morgan fingerprint density at radius 2 is 2.10 bits per heavy atom. The second-order valence-electron chi connectivity index (χ2n) is 8.30. The van der Waals surface area contributed by atoms with Gasteiger partial charge in [0.25, 0.3) is 0 Å². The van der Waals surface area contributed by atoms with E-state index >= 15 is 0 Å². The van der Waals surface area contributed by atoms with Crippen molar-refractivity contribution in [2.24, 2.45) is 0 Å². The summed E-state index contributed by atoms with van der Waals surface area (Å²) in [5.74, 6) is 0.381. The van der Waals surface area contributed by atoms with Crippen LogP contribution in [-0.4, -0.2) is 48.0 Å². The summed E-state index contributed by atoms with van der Waals surface area (Å²) in [6.07, 6.45) is 6.21. The molecule has 4 aromatic heterocycles. The van der Waals surface area contributed by atoms with Crippen molar-refractivity contribution in [2.45, 2.75) is 45.8 Å². The van der Waals surface area contributed by atoms with Gasteiger partial charge >= 0.3 is 6.09 Å². The maximum atomic E-state index is 11.7. The number of hydrogen-bond donors (Lipinski definition) is 3. The van der Waals surface area contributed by atoms with Crippen molar-refractivity contribution in [3.05, 3.63) is 30.9 Å². The van der Waals surface area contributed by atoms with Crippen molar-refractivity contribution < 1.29 is 9.53 Å². The van der Waals surface area contributed by atoms with Crippen molar-refractivity contribution in [3.8, 4) is 11.3 Å². The number of unbranched alkanes of at least 4 members (excludes halogenated alkanes) is 1. The van der Waals surface area contributed by atoms with E-state index in [1.807, 2.05) is 43.8 Å². The van der Waals surface area contributed by atoms with E-state index in [4.69, 9.17) is 15.6 Å². The molecule has 0 aliphatic rings. The summed E-state index contributed by atoms with van der Waals surface area (Å²) in [5.41, 5.74) is 8.71. The van der Waals surface area contributed by atoms with Crippen LogP contribution >= 0.6 is 0 Å². The van der Waals surface area contributed by atoms with Crippen LogP contribution in [-0.2, 0) is 11.3 Å². The minimum absolute atomic E-state index is 0.381. The van der Waals surface area contributed by atoms with E-state index in [-0.39, 0.29) is 0 Å². The first-order valence-electron chi connectivity index (χ1n) is 10.2. The number of carbonyl (C=O) groups is 1. The first kappa shape index (κ1) is 20.6. The molecule has 10 heteroatoms. The number of nitrogens with one attached hydrogen (secondary N) is 2. The SMILES string of the molecule is CC(C)(C)OC(=O)NCCCCn1nc(-c2cnc3[nH]ccc3c2)c2c(N)ncnc21. The lowest BCUT2D eigenvalue weighted by Gasteiger charge is -2.19. The molecule has 0 unspecified atom stereocenters. The normalized spacial score (nSPS) is 11.8. The predicted molar refractivity (Wildman–Crippen MR) is 118 cm³/mol. The zero-order chi connectivity index (χ0) is 22.0. The topological polar surface area (TPSA) is 137 Å². The zero-order valence-corrected chi connectivity index (χ0v) is 17.8. The standard InChI is InChI=1S/C21H26N8O2/c1-21(2,3)31-20(30)24-7-4-5-9-29-19-15(17(22)26-12-27-19)16(28-29)14-10-13-6-8-23-18(13)25-11-14/h6,8,10-12H,4-5,7,9H2,1-3H3,(H,23,25)(H,24,30)(H2,22,26,27). The summed E-state index contributed by atoms with van der Waals surface area (Å²) in [4.78, 5) is 27.8. The lowest BCUT2D eigenvalue weighted by atomic mass is 10.1. The minimum atomic E-state index is -0.508. The summed E-state index contributed by atoms with van der Waals surface area (Å²) >= 11 is 0. The number of fused-ring (bicyclic) bond motifs is 2. The summed E-state index contributed by atoms with van der Waals surface area (Å²) < 4.78 is 7.07. The van der Waals surface area contributed by atoms with Gasteiger partial charge in [-0.15, -0.1) is 0 Å². The van der Waals surface area contributed by atoms with E-state index < -0.39 is 11.7 Å². The van der Waals surface area contributed by atoms with Crippen LogP contribution in [0.1, 0.15) is 33.6 Å². The van der Waals surface area contributed by atoms with Crippen LogP contribution in [0.15, 0.2) is 30.9 Å². The second-order valence-corrected chi connectivity index (χ2v) is 8.30. The molecule has 4 aromatic rings. The Hall–Kier alpha value is -3.69. The van der Waals surface area contributed by atoms with E-state index in [1.165, 1.54) is 6.33 Å². The Bertz CT molecular complexity index is 1220. The maximum absolute atomic E-state index is 11.7. The van der Waals surface area contributed by atoms with Crippen molar-refractivity contribution in [1.29, 1.82) is 0 Å². The van der Waals surface area contributed by atoms with E-state index in [0.717, 1.165) is 29.4 Å². The van der Waals surface area contributed by atoms with Crippen LogP contribution in [0, 0.1) is 0 Å². The largest absolute Gasteiger partial charge is 0.444 e. The molecule has 0 bridgehead atoms. The Morgan fingerprint density at radius 3 is 2.90 bits per heavy atom. The summed E-state index contributed by atoms with van der Waals surface area (Å²) in [6, 6.07) is 3.98. The van der Waals surface area contributed by atoms with Crippen LogP contribution < -0.4 is 11.1 Å². The van der Waals surface area contributed by atoms with Crippen LogP contribution in [0.25, 0.3) is 33.3 Å². The van der Waals surface area contributed by atoms with Gasteiger partial charge in [0.2, 0.25) is 0 Å². The molecule has 0 spiro atoms. The zero-order valence-electron chi connectivity index (χ0n) is 17.8. The molecular weight excluding hydrogens is 396 g/mol. The Morgan fingerprint density at radius 1 is 1.26 bits per heavy atom. The van der Waals surface area contributed by atoms with E-state index in [2.05, 4.69) is 25.3 Å². The second kappa shape index (κ2) is 8.21. The molecule has 31 heavy (non-hydrogen) atoms. The third-order valence-corrected chi connectivity index (χ3v) is 4.70. The number of nitrogens with zero attached hydrogens (tertiary/aromatic N) is 5. The van der Waals surface area contributed by atoms with E-state index in [9.17, 15) is 4.79 Å². The number of amides is 1. The van der Waals surface area contributed by atoms with E-state index in [1.54, 1.807) is 6.20 Å². The van der Waals surface area contributed by atoms with Gasteiger partial charge in [0.1, 0.15) is 29.1 Å². The maximum Gasteiger partial charge on any atom is 0.407 e. The van der Waals surface area contributed by atoms with Gasteiger partial charge in [-0.2, -0.15) is 5.10 Å². The smallest absolute Gasteiger partial charge is 0.407 e. The van der Waals surface area contributed by atoms with Gasteiger partial charge in [0.15, 0.2) is 5.65 Å². The molecule has 4 rings (SSSR count). The molecule has 0 saturated heterocycles. The molecule has 0 aromatic carbocycles. The van der Waals surface area contributed by atoms with Crippen molar-refractivity contribution in [1.82, 2.24) is 35.0 Å². The molecule has 0 radical (unpaired) electrons. The molecule has 10 nitrogen and oxygen atoms in total. The average molecular weight is 422 g/mol. The summed E-state index contributed by atoms with van der Waals surface area (Å²) in [6.45, 7) is 6.66. The van der Waals surface area contributed by atoms with Crippen molar-refractivity contribution in [3.63, 3.8) is 0 Å². The molecule has 4 heterocycles. The number of rotatable bonds is 6. The Kier molecular flexibility index (Phi) is 5.45. The van der Waals surface area contributed by atoms with Crippen LogP contribution in [0.4, 0.5) is 10.6 Å². The van der Waals surface area contributed by atoms with Crippen LogP contribution in [0.3, 0.4) is 0 Å². The number of ether oxygens (including phenoxy) is 1. The number of aromatic nitrogens is 6. The fourth-order valence-corrected chi connectivity index (χ4v) is 3.35. The number of H-pyrrole nitrogens is 1. The lowest BCUT2D eigenvalue weighted by molar-refractivity contribution is 0.0527. The van der Waals surface area contributed by atoms with Gasteiger partial charge in [-0.25, -0.2) is 24.4 Å². The van der Waals surface area contributed by atoms with Gasteiger partial charge in [0.05, 0.1) is 5.39 Å². The highest BCUT2D eigenvalue weighted by Crippen LogP contribution is 2.31. The van der Waals surface area contributed by atoms with Crippen LogP contribution in [0.2, 0.25) is 0 Å². The number of aryl methyl sites for hydroxylation is 1. The fourth-order valence-electron chi connectivity index (χ4n) is 3.35. The number of alkyl carbamates (subject to hydrolysis) is 1.